The average molecular weight is 450 g/mol. The first-order valence-corrected chi connectivity index (χ1v) is 12.3. The maximum atomic E-state index is 12.7. The van der Waals surface area contributed by atoms with Crippen molar-refractivity contribution in [1.29, 1.82) is 0 Å². The van der Waals surface area contributed by atoms with E-state index in [1.807, 2.05) is 24.3 Å². The van der Waals surface area contributed by atoms with Crippen molar-refractivity contribution in [2.45, 2.75) is 30.6 Å². The molecule has 1 aliphatic heterocycles. The number of anilines is 3. The zero-order chi connectivity index (χ0) is 22.4. The molecule has 0 bridgehead atoms. The van der Waals surface area contributed by atoms with Gasteiger partial charge in [-0.15, -0.1) is 0 Å². The standard InChI is InChI=1S/C25H27N3O3S/c29-25(26-21-13-15-23(16-14-21)28-17-6-1-2-7-18-28)20-9-8-10-22(19-20)27-32(30,31)24-11-4-3-5-12-24/h3-5,8-16,19,27H,1-2,6-7,17-18H2,(H,26,29). The van der Waals surface area contributed by atoms with Crippen molar-refractivity contribution < 1.29 is 13.2 Å². The summed E-state index contributed by atoms with van der Waals surface area (Å²) in [7, 11) is -3.72. The van der Waals surface area contributed by atoms with Gasteiger partial charge in [0.25, 0.3) is 15.9 Å². The van der Waals surface area contributed by atoms with Gasteiger partial charge in [0.2, 0.25) is 0 Å². The van der Waals surface area contributed by atoms with Gasteiger partial charge in [-0.1, -0.05) is 37.1 Å². The number of benzene rings is 3. The molecule has 1 fully saturated rings. The van der Waals surface area contributed by atoms with Crippen LogP contribution in [0.1, 0.15) is 36.0 Å². The van der Waals surface area contributed by atoms with Crippen molar-refractivity contribution in [2.24, 2.45) is 0 Å². The molecule has 3 aromatic carbocycles. The third kappa shape index (κ3) is 5.48. The molecule has 0 aliphatic carbocycles. The van der Waals surface area contributed by atoms with E-state index in [0.717, 1.165) is 13.1 Å². The molecular formula is C25H27N3O3S. The van der Waals surface area contributed by atoms with Gasteiger partial charge in [-0.2, -0.15) is 0 Å². The van der Waals surface area contributed by atoms with E-state index in [-0.39, 0.29) is 10.8 Å². The van der Waals surface area contributed by atoms with Crippen molar-refractivity contribution in [1.82, 2.24) is 0 Å². The molecule has 3 aromatic rings. The van der Waals surface area contributed by atoms with E-state index in [2.05, 4.69) is 14.9 Å². The lowest BCUT2D eigenvalue weighted by Crippen LogP contribution is -2.23. The van der Waals surface area contributed by atoms with Crippen LogP contribution in [-0.4, -0.2) is 27.4 Å². The summed E-state index contributed by atoms with van der Waals surface area (Å²) in [6.45, 7) is 2.13. The van der Waals surface area contributed by atoms with Gasteiger partial charge in [0.1, 0.15) is 0 Å². The van der Waals surface area contributed by atoms with Crippen LogP contribution in [-0.2, 0) is 10.0 Å². The summed E-state index contributed by atoms with van der Waals surface area (Å²) in [5.74, 6) is -0.298. The lowest BCUT2D eigenvalue weighted by Gasteiger charge is -2.22. The predicted molar refractivity (Wildman–Crippen MR) is 129 cm³/mol. The number of carbonyl (C=O) groups excluding carboxylic acids is 1. The first-order chi connectivity index (χ1) is 15.5. The Balaban J connectivity index is 1.43. The fourth-order valence-corrected chi connectivity index (χ4v) is 4.90. The van der Waals surface area contributed by atoms with Crippen LogP contribution < -0.4 is 14.9 Å². The van der Waals surface area contributed by atoms with Gasteiger partial charge in [-0.25, -0.2) is 8.42 Å². The molecule has 0 saturated carbocycles. The second-order valence-electron chi connectivity index (χ2n) is 7.90. The second kappa shape index (κ2) is 9.87. The number of hydrogen-bond donors (Lipinski definition) is 2. The summed E-state index contributed by atoms with van der Waals surface area (Å²) in [5, 5.41) is 2.89. The quantitative estimate of drug-likeness (QED) is 0.547. The molecule has 0 spiro atoms. The average Bonchev–Trinajstić information content (AvgIpc) is 3.10. The normalized spacial score (nSPS) is 14.4. The van der Waals surface area contributed by atoms with Crippen LogP contribution in [0.2, 0.25) is 0 Å². The number of rotatable bonds is 6. The molecule has 1 heterocycles. The monoisotopic (exact) mass is 449 g/mol. The summed E-state index contributed by atoms with van der Waals surface area (Å²) in [6, 6.07) is 22.5. The van der Waals surface area contributed by atoms with E-state index in [9.17, 15) is 13.2 Å². The van der Waals surface area contributed by atoms with Crippen molar-refractivity contribution in [3.63, 3.8) is 0 Å². The highest BCUT2D eigenvalue weighted by molar-refractivity contribution is 7.92. The van der Waals surface area contributed by atoms with Gasteiger partial charge in [-0.3, -0.25) is 9.52 Å². The minimum Gasteiger partial charge on any atom is -0.372 e. The maximum absolute atomic E-state index is 12.7. The van der Waals surface area contributed by atoms with Crippen LogP contribution in [0.5, 0.6) is 0 Å². The van der Waals surface area contributed by atoms with E-state index in [1.54, 1.807) is 36.4 Å². The Hall–Kier alpha value is -3.32. The van der Waals surface area contributed by atoms with Gasteiger partial charge < -0.3 is 10.2 Å². The molecule has 166 valence electrons. The van der Waals surface area contributed by atoms with Crippen molar-refractivity contribution in [2.75, 3.05) is 28.0 Å². The third-order valence-electron chi connectivity index (χ3n) is 5.53. The number of nitrogens with zero attached hydrogens (tertiary/aromatic N) is 1. The minimum absolute atomic E-state index is 0.166. The fourth-order valence-electron chi connectivity index (χ4n) is 3.83. The SMILES string of the molecule is O=C(Nc1ccc(N2CCCCCC2)cc1)c1cccc(NS(=O)(=O)c2ccccc2)c1. The Kier molecular flexibility index (Phi) is 6.75. The van der Waals surface area contributed by atoms with Crippen LogP contribution in [0.15, 0.2) is 83.8 Å². The predicted octanol–water partition coefficient (Wildman–Crippen LogP) is 5.12. The van der Waals surface area contributed by atoms with Crippen molar-refractivity contribution in [3.05, 3.63) is 84.4 Å². The summed E-state index contributed by atoms with van der Waals surface area (Å²) >= 11 is 0. The summed E-state index contributed by atoms with van der Waals surface area (Å²) in [5.41, 5.74) is 2.57. The Morgan fingerprint density at radius 1 is 0.750 bits per heavy atom. The molecule has 32 heavy (non-hydrogen) atoms. The number of carbonyl (C=O) groups is 1. The van der Waals surface area contributed by atoms with Crippen molar-refractivity contribution in [3.8, 4) is 0 Å². The number of nitrogens with one attached hydrogen (secondary N) is 2. The van der Waals surface area contributed by atoms with Crippen molar-refractivity contribution >= 4 is 33.0 Å². The Morgan fingerprint density at radius 3 is 2.12 bits per heavy atom. The molecule has 0 aromatic heterocycles. The van der Waals surface area contributed by atoms with Crippen LogP contribution in [0.25, 0.3) is 0 Å². The molecule has 0 unspecified atom stereocenters. The highest BCUT2D eigenvalue weighted by Crippen LogP contribution is 2.22. The summed E-state index contributed by atoms with van der Waals surface area (Å²) in [6.07, 6.45) is 4.99. The third-order valence-corrected chi connectivity index (χ3v) is 6.92. The van der Waals surface area contributed by atoms with Gasteiger partial charge in [0.05, 0.1) is 4.90 Å². The Morgan fingerprint density at radius 2 is 1.44 bits per heavy atom. The van der Waals surface area contributed by atoms with E-state index < -0.39 is 10.0 Å². The summed E-state index contributed by atoms with van der Waals surface area (Å²) < 4.78 is 27.6. The molecule has 4 rings (SSSR count). The molecule has 7 heteroatoms. The van der Waals surface area contributed by atoms with Gasteiger partial charge >= 0.3 is 0 Å². The van der Waals surface area contributed by atoms with Crippen LogP contribution in [0, 0.1) is 0 Å². The second-order valence-corrected chi connectivity index (χ2v) is 9.58. The molecule has 1 saturated heterocycles. The number of hydrogen-bond acceptors (Lipinski definition) is 4. The van der Waals surface area contributed by atoms with Crippen LogP contribution >= 0.6 is 0 Å². The van der Waals surface area contributed by atoms with Crippen LogP contribution in [0.4, 0.5) is 17.1 Å². The summed E-state index contributed by atoms with van der Waals surface area (Å²) in [4.78, 5) is 15.3. The lowest BCUT2D eigenvalue weighted by molar-refractivity contribution is 0.102. The minimum atomic E-state index is -3.72. The van der Waals surface area contributed by atoms with Gasteiger partial charge in [0, 0.05) is 35.7 Å². The lowest BCUT2D eigenvalue weighted by atomic mass is 10.2. The molecule has 6 nitrogen and oxygen atoms in total. The molecule has 1 amide bonds. The van der Waals surface area contributed by atoms with Gasteiger partial charge in [-0.05, 0) is 67.4 Å². The molecular weight excluding hydrogens is 422 g/mol. The smallest absolute Gasteiger partial charge is 0.261 e. The largest absolute Gasteiger partial charge is 0.372 e. The topological polar surface area (TPSA) is 78.5 Å². The molecule has 1 aliphatic rings. The van der Waals surface area contributed by atoms with E-state index in [4.69, 9.17) is 0 Å². The molecule has 0 radical (unpaired) electrons. The first-order valence-electron chi connectivity index (χ1n) is 10.9. The van der Waals surface area contributed by atoms with E-state index in [1.165, 1.54) is 49.6 Å². The molecule has 2 N–H and O–H groups in total. The highest BCUT2D eigenvalue weighted by Gasteiger charge is 2.15. The van der Waals surface area contributed by atoms with E-state index >= 15 is 0 Å². The highest BCUT2D eigenvalue weighted by atomic mass is 32.2. The fraction of sp³-hybridized carbons (Fsp3) is 0.240. The Bertz CT molecular complexity index is 1150. The van der Waals surface area contributed by atoms with Gasteiger partial charge in [0.15, 0.2) is 0 Å². The zero-order valence-corrected chi connectivity index (χ0v) is 18.6. The van der Waals surface area contributed by atoms with Crippen LogP contribution in [0.3, 0.4) is 0 Å². The van der Waals surface area contributed by atoms with E-state index in [0.29, 0.717) is 16.9 Å². The first kappa shape index (κ1) is 21.9. The maximum Gasteiger partial charge on any atom is 0.261 e. The number of amides is 1. The number of sulfonamides is 1. The Labute approximate surface area is 189 Å². The zero-order valence-electron chi connectivity index (χ0n) is 17.8. The molecule has 0 atom stereocenters.